The number of amides is 1. The van der Waals surface area contributed by atoms with Gasteiger partial charge < -0.3 is 18.9 Å². The van der Waals surface area contributed by atoms with Gasteiger partial charge in [0.25, 0.3) is 0 Å². The molecule has 1 aromatic heterocycles. The maximum absolute atomic E-state index is 12.4. The van der Waals surface area contributed by atoms with Crippen molar-refractivity contribution in [3.05, 3.63) is 29.9 Å². The van der Waals surface area contributed by atoms with Gasteiger partial charge in [-0.3, -0.25) is 4.79 Å². The van der Waals surface area contributed by atoms with Gasteiger partial charge in [-0.2, -0.15) is 4.98 Å². The summed E-state index contributed by atoms with van der Waals surface area (Å²) in [5, 5.41) is 3.97. The summed E-state index contributed by atoms with van der Waals surface area (Å²) in [4.78, 5) is 18.6. The van der Waals surface area contributed by atoms with Crippen LogP contribution in [-0.4, -0.2) is 36.8 Å². The zero-order valence-corrected chi connectivity index (χ0v) is 14.1. The highest BCUT2D eigenvalue weighted by atomic mass is 16.5. The Kier molecular flexibility index (Phi) is 4.69. The summed E-state index contributed by atoms with van der Waals surface area (Å²) < 4.78 is 15.9. The van der Waals surface area contributed by atoms with Gasteiger partial charge in [0.2, 0.25) is 11.8 Å². The van der Waals surface area contributed by atoms with Gasteiger partial charge in [-0.15, -0.1) is 0 Å². The Morgan fingerprint density at radius 3 is 2.58 bits per heavy atom. The lowest BCUT2D eigenvalue weighted by atomic mass is 10.1. The lowest BCUT2D eigenvalue weighted by Crippen LogP contribution is -2.24. The second kappa shape index (κ2) is 6.90. The normalized spacial score (nSPS) is 17.4. The molecule has 2 heterocycles. The maximum atomic E-state index is 12.4. The average molecular weight is 331 g/mol. The summed E-state index contributed by atoms with van der Waals surface area (Å²) in [7, 11) is 3.17. The van der Waals surface area contributed by atoms with Crippen LogP contribution in [0.3, 0.4) is 0 Å². The Labute approximate surface area is 140 Å². The molecule has 7 heteroatoms. The van der Waals surface area contributed by atoms with Crippen LogP contribution in [-0.2, 0) is 11.2 Å². The molecule has 3 rings (SSSR count). The smallest absolute Gasteiger partial charge is 0.232 e. The van der Waals surface area contributed by atoms with E-state index in [2.05, 4.69) is 17.1 Å². The SMILES string of the molecule is CCCc1noc(C2CC(=O)N(c3cc(OC)cc(OC)c3)C2)n1. The maximum Gasteiger partial charge on any atom is 0.232 e. The van der Waals surface area contributed by atoms with E-state index in [1.165, 1.54) is 0 Å². The second-order valence-corrected chi connectivity index (χ2v) is 5.78. The van der Waals surface area contributed by atoms with Crippen LogP contribution in [0.2, 0.25) is 0 Å². The molecule has 1 atom stereocenters. The molecule has 7 nitrogen and oxygen atoms in total. The Balaban J connectivity index is 1.81. The number of anilines is 1. The summed E-state index contributed by atoms with van der Waals surface area (Å²) in [6, 6.07) is 5.41. The number of hydrogen-bond donors (Lipinski definition) is 0. The van der Waals surface area contributed by atoms with Crippen molar-refractivity contribution in [3.63, 3.8) is 0 Å². The topological polar surface area (TPSA) is 77.7 Å². The Morgan fingerprint density at radius 1 is 1.25 bits per heavy atom. The van der Waals surface area contributed by atoms with Crippen LogP contribution in [0.15, 0.2) is 22.7 Å². The average Bonchev–Trinajstić information content (AvgIpc) is 3.21. The molecule has 0 bridgehead atoms. The number of aromatic nitrogens is 2. The largest absolute Gasteiger partial charge is 0.497 e. The van der Waals surface area contributed by atoms with Gasteiger partial charge >= 0.3 is 0 Å². The summed E-state index contributed by atoms with van der Waals surface area (Å²) in [5.74, 6) is 2.44. The van der Waals surface area contributed by atoms with Crippen LogP contribution in [0.5, 0.6) is 11.5 Å². The van der Waals surface area contributed by atoms with E-state index < -0.39 is 0 Å². The first-order valence-corrected chi connectivity index (χ1v) is 8.00. The van der Waals surface area contributed by atoms with Crippen molar-refractivity contribution in [2.45, 2.75) is 32.1 Å². The van der Waals surface area contributed by atoms with E-state index in [-0.39, 0.29) is 11.8 Å². The monoisotopic (exact) mass is 331 g/mol. The number of ether oxygens (including phenoxy) is 2. The fourth-order valence-electron chi connectivity index (χ4n) is 2.83. The van der Waals surface area contributed by atoms with Gasteiger partial charge in [-0.1, -0.05) is 12.1 Å². The lowest BCUT2D eigenvalue weighted by Gasteiger charge is -2.18. The van der Waals surface area contributed by atoms with Gasteiger partial charge in [0.1, 0.15) is 11.5 Å². The third-order valence-electron chi connectivity index (χ3n) is 4.08. The molecule has 0 N–H and O–H groups in total. The van der Waals surface area contributed by atoms with E-state index in [9.17, 15) is 4.79 Å². The molecule has 0 saturated carbocycles. The number of aryl methyl sites for hydroxylation is 1. The Bertz CT molecular complexity index is 706. The van der Waals surface area contributed by atoms with E-state index in [0.29, 0.717) is 36.2 Å². The third-order valence-corrected chi connectivity index (χ3v) is 4.08. The van der Waals surface area contributed by atoms with Crippen molar-refractivity contribution in [3.8, 4) is 11.5 Å². The zero-order chi connectivity index (χ0) is 17.1. The summed E-state index contributed by atoms with van der Waals surface area (Å²) in [5.41, 5.74) is 0.743. The van der Waals surface area contributed by atoms with Crippen LogP contribution < -0.4 is 14.4 Å². The zero-order valence-electron chi connectivity index (χ0n) is 14.1. The predicted molar refractivity (Wildman–Crippen MR) is 87.6 cm³/mol. The highest BCUT2D eigenvalue weighted by Gasteiger charge is 2.35. The summed E-state index contributed by atoms with van der Waals surface area (Å²) >= 11 is 0. The minimum atomic E-state index is -0.0900. The van der Waals surface area contributed by atoms with Crippen molar-refractivity contribution >= 4 is 11.6 Å². The minimum Gasteiger partial charge on any atom is -0.497 e. The Hall–Kier alpha value is -2.57. The molecular formula is C17H21N3O4. The second-order valence-electron chi connectivity index (χ2n) is 5.78. The van der Waals surface area contributed by atoms with Crippen molar-refractivity contribution in [2.75, 3.05) is 25.7 Å². The summed E-state index contributed by atoms with van der Waals surface area (Å²) in [6.07, 6.45) is 2.09. The number of methoxy groups -OCH3 is 2. The molecule has 128 valence electrons. The fourth-order valence-corrected chi connectivity index (χ4v) is 2.83. The minimum absolute atomic E-state index is 0.0190. The highest BCUT2D eigenvalue weighted by Crippen LogP contribution is 2.35. The van der Waals surface area contributed by atoms with Crippen LogP contribution in [0.25, 0.3) is 0 Å². The van der Waals surface area contributed by atoms with Gasteiger partial charge in [-0.05, 0) is 6.42 Å². The molecule has 1 saturated heterocycles. The first-order valence-electron chi connectivity index (χ1n) is 8.00. The first-order chi connectivity index (χ1) is 11.6. The molecule has 1 unspecified atom stereocenters. The molecular weight excluding hydrogens is 310 g/mol. The lowest BCUT2D eigenvalue weighted by molar-refractivity contribution is -0.117. The molecule has 1 fully saturated rings. The third kappa shape index (κ3) is 3.20. The van der Waals surface area contributed by atoms with Crippen LogP contribution >= 0.6 is 0 Å². The van der Waals surface area contributed by atoms with Crippen LogP contribution in [0.4, 0.5) is 5.69 Å². The van der Waals surface area contributed by atoms with Crippen molar-refractivity contribution in [1.82, 2.24) is 10.1 Å². The number of benzene rings is 1. The Morgan fingerprint density at radius 2 is 1.96 bits per heavy atom. The molecule has 1 amide bonds. The molecule has 0 aliphatic carbocycles. The molecule has 0 radical (unpaired) electrons. The number of rotatable bonds is 6. The number of carbonyl (C=O) groups excluding carboxylic acids is 1. The van der Waals surface area contributed by atoms with Crippen LogP contribution in [0.1, 0.15) is 37.4 Å². The number of hydrogen-bond acceptors (Lipinski definition) is 6. The van der Waals surface area contributed by atoms with Gasteiger partial charge in [0, 0.05) is 37.6 Å². The van der Waals surface area contributed by atoms with Crippen molar-refractivity contribution in [1.29, 1.82) is 0 Å². The van der Waals surface area contributed by atoms with Crippen LogP contribution in [0, 0.1) is 0 Å². The first kappa shape index (κ1) is 16.3. The molecule has 24 heavy (non-hydrogen) atoms. The molecule has 1 aliphatic heterocycles. The van der Waals surface area contributed by atoms with Gasteiger partial charge in [-0.25, -0.2) is 0 Å². The predicted octanol–water partition coefficient (Wildman–Crippen LogP) is 2.56. The van der Waals surface area contributed by atoms with E-state index in [1.807, 2.05) is 12.1 Å². The quantitative estimate of drug-likeness (QED) is 0.809. The van der Waals surface area contributed by atoms with E-state index >= 15 is 0 Å². The fraction of sp³-hybridized carbons (Fsp3) is 0.471. The standard InChI is InChI=1S/C17H21N3O4/c1-4-5-15-18-17(24-19-15)11-6-16(21)20(10-11)12-7-13(22-2)9-14(8-12)23-3/h7-9,11H,4-6,10H2,1-3H3. The van der Waals surface area contributed by atoms with Crippen molar-refractivity contribution in [2.24, 2.45) is 0 Å². The number of carbonyl (C=O) groups is 1. The highest BCUT2D eigenvalue weighted by molar-refractivity contribution is 5.96. The summed E-state index contributed by atoms with van der Waals surface area (Å²) in [6.45, 7) is 2.57. The van der Waals surface area contributed by atoms with Gasteiger partial charge in [0.15, 0.2) is 5.82 Å². The molecule has 1 aliphatic rings. The van der Waals surface area contributed by atoms with E-state index in [1.54, 1.807) is 25.2 Å². The molecule has 2 aromatic rings. The van der Waals surface area contributed by atoms with E-state index in [0.717, 1.165) is 18.5 Å². The van der Waals surface area contributed by atoms with Gasteiger partial charge in [0.05, 0.1) is 25.8 Å². The molecule has 1 aromatic carbocycles. The van der Waals surface area contributed by atoms with Crippen molar-refractivity contribution < 1.29 is 18.8 Å². The van der Waals surface area contributed by atoms with E-state index in [4.69, 9.17) is 14.0 Å². The molecule has 0 spiro atoms. The number of nitrogens with zero attached hydrogens (tertiary/aromatic N) is 3.